The Bertz CT molecular complexity index is 655. The van der Waals surface area contributed by atoms with Crippen LogP contribution in [0.25, 0.3) is 0 Å². The lowest BCUT2D eigenvalue weighted by atomic mass is 9.97. The third-order valence-corrected chi connectivity index (χ3v) is 4.54. The van der Waals surface area contributed by atoms with Gasteiger partial charge in [-0.3, -0.25) is 9.88 Å². The summed E-state index contributed by atoms with van der Waals surface area (Å²) >= 11 is 0. The molecule has 1 aromatic carbocycles. The van der Waals surface area contributed by atoms with Crippen molar-refractivity contribution < 1.29 is 9.47 Å². The van der Waals surface area contributed by atoms with Crippen LogP contribution in [0.15, 0.2) is 36.7 Å². The van der Waals surface area contributed by atoms with Crippen LogP contribution >= 0.6 is 0 Å². The number of hydrogen-bond donors (Lipinski definition) is 0. The van der Waals surface area contributed by atoms with Crippen molar-refractivity contribution in [1.29, 1.82) is 0 Å². The van der Waals surface area contributed by atoms with E-state index < -0.39 is 0 Å². The molecular weight excluding hydrogens is 302 g/mol. The molecule has 0 atom stereocenters. The zero-order chi connectivity index (χ0) is 16.8. The quantitative estimate of drug-likeness (QED) is 0.816. The third-order valence-electron chi connectivity index (χ3n) is 4.54. The highest BCUT2D eigenvalue weighted by Gasteiger charge is 2.20. The Balaban J connectivity index is 1.44. The van der Waals surface area contributed by atoms with Crippen molar-refractivity contribution in [2.75, 3.05) is 26.8 Å². The molecule has 0 unspecified atom stereocenters. The second-order valence-corrected chi connectivity index (χ2v) is 6.33. The van der Waals surface area contributed by atoms with Crippen LogP contribution in [0.3, 0.4) is 0 Å². The summed E-state index contributed by atoms with van der Waals surface area (Å²) in [5.41, 5.74) is 2.16. The predicted molar refractivity (Wildman–Crippen MR) is 93.3 cm³/mol. The van der Waals surface area contributed by atoms with Gasteiger partial charge in [0.2, 0.25) is 5.88 Å². The van der Waals surface area contributed by atoms with Crippen molar-refractivity contribution in [3.05, 3.63) is 47.9 Å². The molecule has 1 fully saturated rings. The van der Waals surface area contributed by atoms with Gasteiger partial charge in [0, 0.05) is 18.9 Å². The van der Waals surface area contributed by atoms with E-state index >= 15 is 0 Å². The molecule has 1 aliphatic heterocycles. The molecule has 0 amide bonds. The van der Waals surface area contributed by atoms with E-state index in [2.05, 4.69) is 33.1 Å². The maximum Gasteiger partial charge on any atom is 0.235 e. The molecule has 3 rings (SSSR count). The maximum atomic E-state index is 5.85. The first-order valence-corrected chi connectivity index (χ1v) is 8.50. The summed E-state index contributed by atoms with van der Waals surface area (Å²) in [4.78, 5) is 11.0. The van der Waals surface area contributed by atoms with Crippen LogP contribution in [-0.2, 0) is 6.54 Å². The van der Waals surface area contributed by atoms with Gasteiger partial charge < -0.3 is 9.47 Å². The zero-order valence-corrected chi connectivity index (χ0v) is 14.4. The van der Waals surface area contributed by atoms with Crippen LogP contribution in [0.1, 0.15) is 24.1 Å². The fraction of sp³-hybridized carbons (Fsp3) is 0.474. The minimum atomic E-state index is 0.591. The molecule has 1 aliphatic rings. The average Bonchev–Trinajstić information content (AvgIpc) is 2.62. The smallest absolute Gasteiger partial charge is 0.235 e. The molecule has 128 valence electrons. The van der Waals surface area contributed by atoms with E-state index in [0.717, 1.165) is 50.5 Å². The van der Waals surface area contributed by atoms with Crippen molar-refractivity contribution in [3.63, 3.8) is 0 Å². The Morgan fingerprint density at radius 3 is 2.71 bits per heavy atom. The largest absolute Gasteiger partial charge is 0.497 e. The van der Waals surface area contributed by atoms with Crippen molar-refractivity contribution >= 4 is 0 Å². The summed E-state index contributed by atoms with van der Waals surface area (Å²) < 4.78 is 11.2. The van der Waals surface area contributed by atoms with Gasteiger partial charge in [0.05, 0.1) is 19.4 Å². The van der Waals surface area contributed by atoms with Gasteiger partial charge in [-0.2, -0.15) is 0 Å². The van der Waals surface area contributed by atoms with Crippen LogP contribution in [0.5, 0.6) is 11.6 Å². The van der Waals surface area contributed by atoms with Gasteiger partial charge in [-0.15, -0.1) is 0 Å². The number of likely N-dealkylation sites (tertiary alicyclic amines) is 1. The van der Waals surface area contributed by atoms with E-state index in [1.54, 1.807) is 19.5 Å². The molecule has 5 nitrogen and oxygen atoms in total. The molecule has 0 radical (unpaired) electrons. The summed E-state index contributed by atoms with van der Waals surface area (Å²) in [6.07, 6.45) is 5.69. The standard InChI is InChI=1S/C19H25N3O2/c1-15-19(21-9-8-20-15)24-14-16-6-10-22(11-7-16)13-17-4-3-5-18(12-17)23-2/h3-5,8-9,12,16H,6-7,10-11,13-14H2,1-2H3. The summed E-state index contributed by atoms with van der Waals surface area (Å²) in [5, 5.41) is 0. The monoisotopic (exact) mass is 327 g/mol. The van der Waals surface area contributed by atoms with E-state index in [0.29, 0.717) is 11.8 Å². The first-order chi connectivity index (χ1) is 11.7. The molecule has 5 heteroatoms. The van der Waals surface area contributed by atoms with Gasteiger partial charge >= 0.3 is 0 Å². The van der Waals surface area contributed by atoms with Gasteiger partial charge in [-0.05, 0) is 56.5 Å². The molecule has 0 N–H and O–H groups in total. The topological polar surface area (TPSA) is 47.5 Å². The molecule has 1 saturated heterocycles. The summed E-state index contributed by atoms with van der Waals surface area (Å²) in [5.74, 6) is 2.18. The lowest BCUT2D eigenvalue weighted by Crippen LogP contribution is -2.35. The lowest BCUT2D eigenvalue weighted by molar-refractivity contribution is 0.134. The fourth-order valence-electron chi connectivity index (χ4n) is 3.07. The molecule has 1 aromatic heterocycles. The SMILES string of the molecule is COc1cccc(CN2CCC(COc3nccnc3C)CC2)c1. The van der Waals surface area contributed by atoms with E-state index in [4.69, 9.17) is 9.47 Å². The second kappa shape index (κ2) is 8.11. The number of hydrogen-bond acceptors (Lipinski definition) is 5. The molecular formula is C19H25N3O2. The number of rotatable bonds is 6. The Morgan fingerprint density at radius 2 is 1.96 bits per heavy atom. The maximum absolute atomic E-state index is 5.85. The normalized spacial score (nSPS) is 16.1. The minimum Gasteiger partial charge on any atom is -0.497 e. The molecule has 24 heavy (non-hydrogen) atoms. The van der Waals surface area contributed by atoms with E-state index in [9.17, 15) is 0 Å². The summed E-state index contributed by atoms with van der Waals surface area (Å²) in [6.45, 7) is 5.84. The highest BCUT2D eigenvalue weighted by Crippen LogP contribution is 2.22. The predicted octanol–water partition coefficient (Wildman–Crippen LogP) is 3.08. The summed E-state index contributed by atoms with van der Waals surface area (Å²) in [7, 11) is 1.71. The van der Waals surface area contributed by atoms with E-state index in [-0.39, 0.29) is 0 Å². The van der Waals surface area contributed by atoms with Crippen LogP contribution in [-0.4, -0.2) is 41.7 Å². The van der Waals surface area contributed by atoms with Crippen LogP contribution < -0.4 is 9.47 Å². The Labute approximate surface area is 143 Å². The summed E-state index contributed by atoms with van der Waals surface area (Å²) in [6, 6.07) is 8.32. The highest BCUT2D eigenvalue weighted by atomic mass is 16.5. The number of aromatic nitrogens is 2. The van der Waals surface area contributed by atoms with Crippen molar-refractivity contribution in [3.8, 4) is 11.6 Å². The van der Waals surface area contributed by atoms with Crippen molar-refractivity contribution in [1.82, 2.24) is 14.9 Å². The molecule has 2 heterocycles. The number of methoxy groups -OCH3 is 1. The molecule has 0 spiro atoms. The Morgan fingerprint density at radius 1 is 1.17 bits per heavy atom. The number of nitrogens with zero attached hydrogens (tertiary/aromatic N) is 3. The molecule has 2 aromatic rings. The van der Waals surface area contributed by atoms with Crippen LogP contribution in [0, 0.1) is 12.8 Å². The number of piperidine rings is 1. The van der Waals surface area contributed by atoms with Crippen LogP contribution in [0.2, 0.25) is 0 Å². The third kappa shape index (κ3) is 4.45. The average molecular weight is 327 g/mol. The first kappa shape index (κ1) is 16.7. The lowest BCUT2D eigenvalue weighted by Gasteiger charge is -2.31. The second-order valence-electron chi connectivity index (χ2n) is 6.33. The zero-order valence-electron chi connectivity index (χ0n) is 14.4. The van der Waals surface area contributed by atoms with Gasteiger partial charge in [0.1, 0.15) is 5.75 Å². The van der Waals surface area contributed by atoms with Gasteiger partial charge in [0.15, 0.2) is 0 Å². The van der Waals surface area contributed by atoms with Gasteiger partial charge in [-0.25, -0.2) is 4.98 Å². The van der Waals surface area contributed by atoms with E-state index in [1.807, 2.05) is 13.0 Å². The number of aryl methyl sites for hydroxylation is 1. The highest BCUT2D eigenvalue weighted by molar-refractivity contribution is 5.28. The van der Waals surface area contributed by atoms with Gasteiger partial charge in [0.25, 0.3) is 0 Å². The molecule has 0 aliphatic carbocycles. The first-order valence-electron chi connectivity index (χ1n) is 8.50. The van der Waals surface area contributed by atoms with Gasteiger partial charge in [-0.1, -0.05) is 12.1 Å². The minimum absolute atomic E-state index is 0.591. The Kier molecular flexibility index (Phi) is 5.64. The number of benzene rings is 1. The fourth-order valence-corrected chi connectivity index (χ4v) is 3.07. The van der Waals surface area contributed by atoms with E-state index in [1.165, 1.54) is 5.56 Å². The Hall–Kier alpha value is -2.14. The van der Waals surface area contributed by atoms with Crippen LogP contribution in [0.4, 0.5) is 0 Å². The van der Waals surface area contributed by atoms with Crippen molar-refractivity contribution in [2.24, 2.45) is 5.92 Å². The van der Waals surface area contributed by atoms with Crippen molar-refractivity contribution in [2.45, 2.75) is 26.3 Å². The molecule has 0 saturated carbocycles. The molecule has 0 bridgehead atoms. The number of ether oxygens (including phenoxy) is 2.